The van der Waals surface area contributed by atoms with Crippen molar-refractivity contribution in [2.75, 3.05) is 0 Å². The molecule has 2 heterocycles. The van der Waals surface area contributed by atoms with Gasteiger partial charge in [-0.3, -0.25) is 14.7 Å². The largest absolute Gasteiger partial charge is 0.480 e. The number of hydrogen-bond acceptors (Lipinski definition) is 3. The second-order valence-corrected chi connectivity index (χ2v) is 6.23. The minimum atomic E-state index is -0.752. The van der Waals surface area contributed by atoms with Gasteiger partial charge in [-0.2, -0.15) is 0 Å². The number of nitrogens with zero attached hydrogens (tertiary/aromatic N) is 2. The number of fused-ring (bicyclic) bond motifs is 1. The summed E-state index contributed by atoms with van der Waals surface area (Å²) in [6, 6.07) is 2.83. The topological polar surface area (TPSA) is 53.4 Å². The number of carboxylic acids is 1. The molecule has 4 unspecified atom stereocenters. The summed E-state index contributed by atoms with van der Waals surface area (Å²) in [4.78, 5) is 17.9. The lowest BCUT2D eigenvalue weighted by Crippen LogP contribution is -2.43. The quantitative estimate of drug-likeness (QED) is 0.930. The predicted molar refractivity (Wildman–Crippen MR) is 76.2 cm³/mol. The summed E-state index contributed by atoms with van der Waals surface area (Å²) in [6.07, 6.45) is 6.47. The van der Waals surface area contributed by atoms with Crippen molar-refractivity contribution in [3.63, 3.8) is 0 Å². The fourth-order valence-electron chi connectivity index (χ4n) is 4.07. The van der Waals surface area contributed by atoms with Crippen LogP contribution in [0.5, 0.6) is 0 Å². The number of hydrogen-bond donors (Lipinski definition) is 1. The van der Waals surface area contributed by atoms with E-state index in [1.54, 1.807) is 6.07 Å². The number of likely N-dealkylation sites (tertiary alicyclic amines) is 1. The average Bonchev–Trinajstić information content (AvgIpc) is 2.87. The fourth-order valence-corrected chi connectivity index (χ4v) is 4.07. The van der Waals surface area contributed by atoms with E-state index < -0.39 is 12.0 Å². The van der Waals surface area contributed by atoms with E-state index in [9.17, 15) is 14.3 Å². The lowest BCUT2D eigenvalue weighted by Gasteiger charge is -2.36. The van der Waals surface area contributed by atoms with Crippen molar-refractivity contribution < 1.29 is 14.3 Å². The first-order valence-electron chi connectivity index (χ1n) is 7.69. The minimum absolute atomic E-state index is 0.0974. The Morgan fingerprint density at radius 1 is 1.43 bits per heavy atom. The Morgan fingerprint density at radius 2 is 2.19 bits per heavy atom. The van der Waals surface area contributed by atoms with Crippen LogP contribution < -0.4 is 0 Å². The SMILES string of the molecule is CC(c1ccc(F)cn1)N1C(C(=O)O)CC2CCCCC21. The molecule has 0 spiro atoms. The highest BCUT2D eigenvalue weighted by molar-refractivity contribution is 5.74. The molecule has 5 heteroatoms. The molecule has 0 bridgehead atoms. The third-order valence-corrected chi connectivity index (χ3v) is 5.05. The zero-order valence-corrected chi connectivity index (χ0v) is 12.2. The molecule has 114 valence electrons. The van der Waals surface area contributed by atoms with Crippen molar-refractivity contribution in [2.45, 2.75) is 57.2 Å². The monoisotopic (exact) mass is 292 g/mol. The zero-order chi connectivity index (χ0) is 15.0. The van der Waals surface area contributed by atoms with E-state index in [-0.39, 0.29) is 11.9 Å². The molecule has 2 aliphatic rings. The molecule has 1 saturated heterocycles. The third-order valence-electron chi connectivity index (χ3n) is 5.05. The molecule has 4 atom stereocenters. The minimum Gasteiger partial charge on any atom is -0.480 e. The Labute approximate surface area is 124 Å². The standard InChI is InChI=1S/C16H21FN2O2/c1-10(13-7-6-12(17)9-18-13)19-14-5-3-2-4-11(14)8-15(19)16(20)21/h6-7,9-11,14-15H,2-5,8H2,1H3,(H,20,21). The van der Waals surface area contributed by atoms with Gasteiger partial charge in [0.25, 0.3) is 0 Å². The number of halogens is 1. The number of rotatable bonds is 3. The molecule has 21 heavy (non-hydrogen) atoms. The van der Waals surface area contributed by atoms with Crippen molar-refractivity contribution >= 4 is 5.97 Å². The van der Waals surface area contributed by atoms with E-state index in [2.05, 4.69) is 9.88 Å². The van der Waals surface area contributed by atoms with Gasteiger partial charge in [0, 0.05) is 6.04 Å². The van der Waals surface area contributed by atoms with E-state index in [0.717, 1.165) is 31.4 Å². The van der Waals surface area contributed by atoms with E-state index in [0.29, 0.717) is 12.0 Å². The predicted octanol–water partition coefficient (Wildman–Crippen LogP) is 3.00. The van der Waals surface area contributed by atoms with Crippen LogP contribution in [0.4, 0.5) is 4.39 Å². The summed E-state index contributed by atoms with van der Waals surface area (Å²) in [5.74, 6) is -0.640. The Balaban J connectivity index is 1.88. The van der Waals surface area contributed by atoms with Crippen LogP contribution >= 0.6 is 0 Å². The summed E-state index contributed by atoms with van der Waals surface area (Å²) >= 11 is 0. The summed E-state index contributed by atoms with van der Waals surface area (Å²) in [5, 5.41) is 9.55. The van der Waals surface area contributed by atoms with Gasteiger partial charge in [-0.1, -0.05) is 12.8 Å². The molecule has 1 aromatic rings. The summed E-state index contributed by atoms with van der Waals surface area (Å²) in [5.41, 5.74) is 0.744. The second-order valence-electron chi connectivity index (χ2n) is 6.23. The fraction of sp³-hybridized carbons (Fsp3) is 0.625. The van der Waals surface area contributed by atoms with Crippen LogP contribution in [0.15, 0.2) is 18.3 Å². The van der Waals surface area contributed by atoms with Crippen LogP contribution in [-0.2, 0) is 4.79 Å². The second kappa shape index (κ2) is 5.72. The van der Waals surface area contributed by atoms with Crippen LogP contribution in [0, 0.1) is 11.7 Å². The van der Waals surface area contributed by atoms with Crippen LogP contribution in [-0.4, -0.2) is 33.0 Å². The highest BCUT2D eigenvalue weighted by Gasteiger charge is 2.47. The number of aliphatic carboxylic acids is 1. The molecule has 1 aliphatic carbocycles. The van der Waals surface area contributed by atoms with Gasteiger partial charge >= 0.3 is 5.97 Å². The van der Waals surface area contributed by atoms with Gasteiger partial charge in [0.15, 0.2) is 0 Å². The van der Waals surface area contributed by atoms with Gasteiger partial charge in [0.2, 0.25) is 0 Å². The molecule has 3 rings (SSSR count). The molecule has 1 aromatic heterocycles. The number of carboxylic acid groups (broad SMARTS) is 1. The molecule has 1 N–H and O–H groups in total. The van der Waals surface area contributed by atoms with Gasteiger partial charge in [-0.25, -0.2) is 4.39 Å². The van der Waals surface area contributed by atoms with Gasteiger partial charge in [0.05, 0.1) is 17.9 Å². The normalized spacial score (nSPS) is 30.9. The van der Waals surface area contributed by atoms with E-state index >= 15 is 0 Å². The average molecular weight is 292 g/mol. The highest BCUT2D eigenvalue weighted by atomic mass is 19.1. The lowest BCUT2D eigenvalue weighted by atomic mass is 9.84. The lowest BCUT2D eigenvalue weighted by molar-refractivity contribution is -0.143. The maximum Gasteiger partial charge on any atom is 0.320 e. The first-order valence-corrected chi connectivity index (χ1v) is 7.69. The third kappa shape index (κ3) is 2.67. The Kier molecular flexibility index (Phi) is 3.93. The number of pyridine rings is 1. The number of carbonyl (C=O) groups is 1. The summed E-state index contributed by atoms with van der Waals surface area (Å²) in [7, 11) is 0. The molecule has 0 amide bonds. The van der Waals surface area contributed by atoms with Crippen molar-refractivity contribution in [2.24, 2.45) is 5.92 Å². The van der Waals surface area contributed by atoms with Crippen LogP contribution in [0.3, 0.4) is 0 Å². The van der Waals surface area contributed by atoms with E-state index in [4.69, 9.17) is 0 Å². The molecule has 2 fully saturated rings. The highest BCUT2D eigenvalue weighted by Crippen LogP contribution is 2.43. The summed E-state index contributed by atoms with van der Waals surface area (Å²) in [6.45, 7) is 1.98. The Morgan fingerprint density at radius 3 is 2.86 bits per heavy atom. The Hall–Kier alpha value is -1.49. The van der Waals surface area contributed by atoms with Crippen LogP contribution in [0.2, 0.25) is 0 Å². The zero-order valence-electron chi connectivity index (χ0n) is 12.2. The van der Waals surface area contributed by atoms with Gasteiger partial charge in [0.1, 0.15) is 11.9 Å². The molecule has 0 radical (unpaired) electrons. The van der Waals surface area contributed by atoms with Gasteiger partial charge < -0.3 is 5.11 Å². The number of aromatic nitrogens is 1. The molecule has 0 aromatic carbocycles. The van der Waals surface area contributed by atoms with Crippen molar-refractivity contribution in [3.05, 3.63) is 29.8 Å². The van der Waals surface area contributed by atoms with Crippen molar-refractivity contribution in [1.29, 1.82) is 0 Å². The first-order chi connectivity index (χ1) is 10.1. The molecule has 1 aliphatic heterocycles. The van der Waals surface area contributed by atoms with Gasteiger partial charge in [-0.15, -0.1) is 0 Å². The van der Waals surface area contributed by atoms with E-state index in [1.807, 2.05) is 6.92 Å². The Bertz CT molecular complexity index is 520. The molecule has 1 saturated carbocycles. The summed E-state index contributed by atoms with van der Waals surface area (Å²) < 4.78 is 13.0. The molecular formula is C16H21FN2O2. The molecular weight excluding hydrogens is 271 g/mol. The van der Waals surface area contributed by atoms with Crippen LogP contribution in [0.1, 0.15) is 50.8 Å². The van der Waals surface area contributed by atoms with Crippen molar-refractivity contribution in [3.8, 4) is 0 Å². The first kappa shape index (κ1) is 14.4. The molecule has 4 nitrogen and oxygen atoms in total. The van der Waals surface area contributed by atoms with Crippen molar-refractivity contribution in [1.82, 2.24) is 9.88 Å². The maximum absolute atomic E-state index is 13.0. The maximum atomic E-state index is 13.0. The smallest absolute Gasteiger partial charge is 0.320 e. The van der Waals surface area contributed by atoms with Crippen LogP contribution in [0.25, 0.3) is 0 Å². The van der Waals surface area contributed by atoms with E-state index in [1.165, 1.54) is 18.7 Å². The van der Waals surface area contributed by atoms with Gasteiger partial charge in [-0.05, 0) is 44.2 Å².